The van der Waals surface area contributed by atoms with Crippen LogP contribution in [0.25, 0.3) is 0 Å². The van der Waals surface area contributed by atoms with Crippen molar-refractivity contribution in [1.29, 1.82) is 0 Å². The summed E-state index contributed by atoms with van der Waals surface area (Å²) in [6, 6.07) is 5.54. The average Bonchev–Trinajstić information content (AvgIpc) is 2.89. The molecule has 0 spiro atoms. The van der Waals surface area contributed by atoms with Crippen molar-refractivity contribution < 1.29 is 9.53 Å². The minimum Gasteiger partial charge on any atom is -0.450 e. The lowest BCUT2D eigenvalue weighted by Gasteiger charge is -2.13. The molecule has 2 N–H and O–H groups in total. The first-order valence-corrected chi connectivity index (χ1v) is 10.5. The zero-order valence-corrected chi connectivity index (χ0v) is 18.1. The minimum absolute atomic E-state index is 0.279. The summed E-state index contributed by atoms with van der Waals surface area (Å²) in [5.74, 6) is 1.27. The maximum atomic E-state index is 10.7. The Labute approximate surface area is 174 Å². The zero-order valence-electron chi connectivity index (χ0n) is 15.8. The van der Waals surface area contributed by atoms with Crippen LogP contribution in [0.3, 0.4) is 0 Å². The first-order valence-electron chi connectivity index (χ1n) is 8.97. The molecule has 0 saturated carbocycles. The van der Waals surface area contributed by atoms with Crippen molar-refractivity contribution in [3.05, 3.63) is 39.8 Å². The second-order valence-corrected chi connectivity index (χ2v) is 8.44. The van der Waals surface area contributed by atoms with Gasteiger partial charge >= 0.3 is 6.09 Å². The van der Waals surface area contributed by atoms with Crippen molar-refractivity contribution in [2.24, 2.45) is 5.73 Å². The number of benzene rings is 1. The number of nitrogens with zero attached hydrogens (tertiary/aromatic N) is 2. The SMILES string of the molecule is CCCn1c(CCCOC(N)=O)nc(C(C)C)c1Sc1cc(Cl)cc(Cl)c1. The number of nitrogens with two attached hydrogens (primary N) is 1. The van der Waals surface area contributed by atoms with Gasteiger partial charge in [0.2, 0.25) is 0 Å². The van der Waals surface area contributed by atoms with Crippen molar-refractivity contribution in [1.82, 2.24) is 9.55 Å². The molecule has 2 rings (SSSR count). The maximum absolute atomic E-state index is 10.7. The summed E-state index contributed by atoms with van der Waals surface area (Å²) in [6.45, 7) is 7.56. The van der Waals surface area contributed by atoms with Crippen LogP contribution in [0.15, 0.2) is 28.1 Å². The number of hydrogen-bond donors (Lipinski definition) is 1. The highest BCUT2D eigenvalue weighted by Gasteiger charge is 2.20. The topological polar surface area (TPSA) is 70.1 Å². The van der Waals surface area contributed by atoms with Gasteiger partial charge in [0.25, 0.3) is 0 Å². The van der Waals surface area contributed by atoms with Gasteiger partial charge in [-0.05, 0) is 37.0 Å². The van der Waals surface area contributed by atoms with E-state index in [1.165, 1.54) is 0 Å². The predicted molar refractivity (Wildman–Crippen MR) is 111 cm³/mol. The molecule has 1 amide bonds. The number of amides is 1. The quantitative estimate of drug-likeness (QED) is 0.503. The molecule has 27 heavy (non-hydrogen) atoms. The molecule has 1 aromatic heterocycles. The van der Waals surface area contributed by atoms with Crippen LogP contribution in [0.2, 0.25) is 10.0 Å². The molecule has 0 aliphatic rings. The fourth-order valence-corrected chi connectivity index (χ4v) is 4.68. The van der Waals surface area contributed by atoms with Crippen molar-refractivity contribution in [3.63, 3.8) is 0 Å². The minimum atomic E-state index is -0.746. The second kappa shape index (κ2) is 10.2. The summed E-state index contributed by atoms with van der Waals surface area (Å²) in [6.07, 6.45) is 1.63. The van der Waals surface area contributed by atoms with Gasteiger partial charge in [-0.2, -0.15) is 0 Å². The van der Waals surface area contributed by atoms with E-state index in [9.17, 15) is 4.79 Å². The number of ether oxygens (including phenoxy) is 1. The maximum Gasteiger partial charge on any atom is 0.404 e. The molecule has 2 aromatic rings. The Morgan fingerprint density at radius 2 is 1.96 bits per heavy atom. The van der Waals surface area contributed by atoms with E-state index in [1.807, 2.05) is 12.1 Å². The molecule has 8 heteroatoms. The Morgan fingerprint density at radius 1 is 1.30 bits per heavy atom. The lowest BCUT2D eigenvalue weighted by molar-refractivity contribution is 0.155. The van der Waals surface area contributed by atoms with Gasteiger partial charge in [-0.15, -0.1) is 0 Å². The first-order chi connectivity index (χ1) is 12.8. The highest BCUT2D eigenvalue weighted by molar-refractivity contribution is 7.99. The van der Waals surface area contributed by atoms with Crippen LogP contribution >= 0.6 is 35.0 Å². The summed E-state index contributed by atoms with van der Waals surface area (Å²) in [4.78, 5) is 16.6. The highest BCUT2D eigenvalue weighted by atomic mass is 35.5. The number of carbonyl (C=O) groups excluding carboxylic acids is 1. The average molecular weight is 430 g/mol. The number of imidazole rings is 1. The van der Waals surface area contributed by atoms with Crippen molar-refractivity contribution in [2.75, 3.05) is 6.61 Å². The van der Waals surface area contributed by atoms with E-state index >= 15 is 0 Å². The third-order valence-corrected chi connectivity index (χ3v) is 5.39. The van der Waals surface area contributed by atoms with E-state index in [4.69, 9.17) is 38.7 Å². The second-order valence-electron chi connectivity index (χ2n) is 6.50. The molecule has 0 aliphatic heterocycles. The number of carbonyl (C=O) groups is 1. The van der Waals surface area contributed by atoms with Crippen LogP contribution in [0.5, 0.6) is 0 Å². The van der Waals surface area contributed by atoms with Gasteiger partial charge in [0, 0.05) is 27.9 Å². The van der Waals surface area contributed by atoms with E-state index < -0.39 is 6.09 Å². The van der Waals surface area contributed by atoms with Crippen molar-refractivity contribution in [3.8, 4) is 0 Å². The van der Waals surface area contributed by atoms with E-state index in [-0.39, 0.29) is 12.5 Å². The van der Waals surface area contributed by atoms with Crippen molar-refractivity contribution >= 4 is 41.1 Å². The largest absolute Gasteiger partial charge is 0.450 e. The summed E-state index contributed by atoms with van der Waals surface area (Å²) < 4.78 is 7.09. The van der Waals surface area contributed by atoms with E-state index in [1.54, 1.807) is 17.8 Å². The third kappa shape index (κ3) is 6.33. The molecular formula is C19H25Cl2N3O2S. The number of halogens is 2. The molecule has 0 radical (unpaired) electrons. The van der Waals surface area contributed by atoms with Gasteiger partial charge in [0.1, 0.15) is 10.9 Å². The van der Waals surface area contributed by atoms with Crippen LogP contribution in [-0.2, 0) is 17.7 Å². The fraction of sp³-hybridized carbons (Fsp3) is 0.474. The molecule has 0 bridgehead atoms. The number of primary amides is 1. The molecule has 0 fully saturated rings. The van der Waals surface area contributed by atoms with Gasteiger partial charge in [-0.3, -0.25) is 0 Å². The van der Waals surface area contributed by atoms with Gasteiger partial charge in [0.15, 0.2) is 0 Å². The van der Waals surface area contributed by atoms with E-state index in [0.717, 1.165) is 34.4 Å². The zero-order chi connectivity index (χ0) is 20.0. The smallest absolute Gasteiger partial charge is 0.404 e. The molecule has 5 nitrogen and oxygen atoms in total. The van der Waals surface area contributed by atoms with Gasteiger partial charge in [-0.1, -0.05) is 55.7 Å². The monoisotopic (exact) mass is 429 g/mol. The molecular weight excluding hydrogens is 405 g/mol. The Hall–Kier alpha value is -1.37. The van der Waals surface area contributed by atoms with E-state index in [2.05, 4.69) is 25.3 Å². The molecule has 1 aromatic carbocycles. The van der Waals surface area contributed by atoms with Gasteiger partial charge < -0.3 is 15.0 Å². The number of hydrogen-bond acceptors (Lipinski definition) is 4. The molecule has 0 unspecified atom stereocenters. The third-order valence-electron chi connectivity index (χ3n) is 3.86. The molecule has 0 atom stereocenters. The van der Waals surface area contributed by atoms with Crippen LogP contribution < -0.4 is 5.73 Å². The Kier molecular flexibility index (Phi) is 8.32. The van der Waals surface area contributed by atoms with Gasteiger partial charge in [-0.25, -0.2) is 9.78 Å². The number of aromatic nitrogens is 2. The molecule has 148 valence electrons. The highest BCUT2D eigenvalue weighted by Crippen LogP contribution is 2.37. The number of rotatable bonds is 9. The van der Waals surface area contributed by atoms with Gasteiger partial charge in [0.05, 0.1) is 12.3 Å². The normalized spacial score (nSPS) is 11.2. The van der Waals surface area contributed by atoms with Crippen LogP contribution in [-0.4, -0.2) is 22.3 Å². The summed E-state index contributed by atoms with van der Waals surface area (Å²) in [5, 5.41) is 2.33. The lowest BCUT2D eigenvalue weighted by atomic mass is 10.1. The molecule has 0 saturated heterocycles. The first kappa shape index (κ1) is 21.9. The predicted octanol–water partition coefficient (Wildman–Crippen LogP) is 5.90. The molecule has 1 heterocycles. The van der Waals surface area contributed by atoms with E-state index in [0.29, 0.717) is 22.9 Å². The Bertz CT molecular complexity index is 773. The summed E-state index contributed by atoms with van der Waals surface area (Å²) >= 11 is 14.0. The summed E-state index contributed by atoms with van der Waals surface area (Å²) in [7, 11) is 0. The van der Waals surface area contributed by atoms with Crippen LogP contribution in [0, 0.1) is 0 Å². The number of aryl methyl sites for hydroxylation is 1. The fourth-order valence-electron chi connectivity index (χ4n) is 2.73. The summed E-state index contributed by atoms with van der Waals surface area (Å²) in [5.41, 5.74) is 6.07. The van der Waals surface area contributed by atoms with Crippen molar-refractivity contribution in [2.45, 2.75) is 62.4 Å². The standard InChI is InChI=1S/C19H25Cl2N3O2S/c1-4-7-24-16(6-5-8-26-19(22)25)23-17(12(2)3)18(24)27-15-10-13(20)9-14(21)11-15/h9-12H,4-8H2,1-3H3,(H2,22,25). The lowest BCUT2D eigenvalue weighted by Crippen LogP contribution is -2.14. The Balaban J connectivity index is 2.33. The van der Waals surface area contributed by atoms with Crippen LogP contribution in [0.4, 0.5) is 4.79 Å². The Morgan fingerprint density at radius 3 is 2.52 bits per heavy atom. The van der Waals surface area contributed by atoms with Crippen LogP contribution in [0.1, 0.15) is 51.0 Å². The molecule has 0 aliphatic carbocycles.